The van der Waals surface area contributed by atoms with Crippen molar-refractivity contribution in [2.45, 2.75) is 25.7 Å². The summed E-state index contributed by atoms with van der Waals surface area (Å²) in [5.41, 5.74) is 2.20. The Hall–Kier alpha value is -2.18. The van der Waals surface area contributed by atoms with Gasteiger partial charge >= 0.3 is 0 Å². The molecule has 2 aromatic heterocycles. The Bertz CT molecular complexity index is 878. The van der Waals surface area contributed by atoms with Gasteiger partial charge in [0.1, 0.15) is 0 Å². The molecule has 4 rings (SSSR count). The molecule has 1 aliphatic rings. The quantitative estimate of drug-likeness (QED) is 0.766. The van der Waals surface area contributed by atoms with E-state index in [2.05, 4.69) is 15.4 Å². The van der Waals surface area contributed by atoms with E-state index in [1.807, 2.05) is 18.2 Å². The van der Waals surface area contributed by atoms with E-state index >= 15 is 0 Å². The number of nitrogens with zero attached hydrogens (tertiary/aromatic N) is 3. The van der Waals surface area contributed by atoms with Gasteiger partial charge in [-0.15, -0.1) is 11.3 Å². The molecule has 0 unspecified atom stereocenters. The number of fused-ring (bicyclic) bond motifs is 1. The molecule has 1 amide bonds. The van der Waals surface area contributed by atoms with Gasteiger partial charge in [-0.25, -0.2) is 9.67 Å². The second-order valence-electron chi connectivity index (χ2n) is 5.65. The van der Waals surface area contributed by atoms with Gasteiger partial charge in [-0.1, -0.05) is 23.7 Å². The summed E-state index contributed by atoms with van der Waals surface area (Å²) in [5.74, 6) is -0.257. The van der Waals surface area contributed by atoms with Crippen LogP contribution in [0.2, 0.25) is 5.02 Å². The van der Waals surface area contributed by atoms with Gasteiger partial charge in [0, 0.05) is 11.1 Å². The number of nitrogens with one attached hydrogen (secondary N) is 1. The number of amides is 1. The van der Waals surface area contributed by atoms with Gasteiger partial charge in [0.2, 0.25) is 0 Å². The highest BCUT2D eigenvalue weighted by Gasteiger charge is 2.18. The molecule has 2 heterocycles. The van der Waals surface area contributed by atoms with Crippen LogP contribution < -0.4 is 5.32 Å². The van der Waals surface area contributed by atoms with Crippen molar-refractivity contribution in [2.24, 2.45) is 0 Å². The van der Waals surface area contributed by atoms with Gasteiger partial charge in [-0.05, 0) is 43.9 Å². The fraction of sp³-hybridized carbons (Fsp3) is 0.235. The topological polar surface area (TPSA) is 59.8 Å². The molecule has 3 aromatic rings. The lowest BCUT2D eigenvalue weighted by atomic mass is 10.0. The third-order valence-electron chi connectivity index (χ3n) is 3.99. The van der Waals surface area contributed by atoms with Gasteiger partial charge in [-0.2, -0.15) is 5.10 Å². The van der Waals surface area contributed by atoms with Crippen LogP contribution in [0.15, 0.2) is 36.5 Å². The summed E-state index contributed by atoms with van der Waals surface area (Å²) in [6, 6.07) is 9.05. The van der Waals surface area contributed by atoms with Crippen LogP contribution >= 0.6 is 22.9 Å². The predicted molar refractivity (Wildman–Crippen MR) is 95.3 cm³/mol. The summed E-state index contributed by atoms with van der Waals surface area (Å²) in [6.45, 7) is 0. The van der Waals surface area contributed by atoms with Crippen molar-refractivity contribution in [1.29, 1.82) is 0 Å². The maximum Gasteiger partial charge on any atom is 0.277 e. The van der Waals surface area contributed by atoms with Crippen molar-refractivity contribution in [3.63, 3.8) is 0 Å². The lowest BCUT2D eigenvalue weighted by Gasteiger charge is -2.06. The first-order valence-corrected chi connectivity index (χ1v) is 9.00. The first-order chi connectivity index (χ1) is 11.7. The first-order valence-electron chi connectivity index (χ1n) is 7.81. The minimum Gasteiger partial charge on any atom is -0.296 e. The number of aryl methyl sites for hydroxylation is 2. The van der Waals surface area contributed by atoms with E-state index in [-0.39, 0.29) is 5.91 Å². The number of benzene rings is 1. The third-order valence-corrected chi connectivity index (χ3v) is 5.38. The number of halogens is 1. The van der Waals surface area contributed by atoms with Gasteiger partial charge in [0.25, 0.3) is 5.91 Å². The fourth-order valence-corrected chi connectivity index (χ4v) is 4.05. The second kappa shape index (κ2) is 6.37. The number of rotatable bonds is 3. The highest BCUT2D eigenvalue weighted by molar-refractivity contribution is 7.15. The average Bonchev–Trinajstić information content (AvgIpc) is 3.21. The van der Waals surface area contributed by atoms with E-state index in [1.54, 1.807) is 34.3 Å². The van der Waals surface area contributed by atoms with Crippen LogP contribution in [0.1, 0.15) is 33.9 Å². The van der Waals surface area contributed by atoms with Crippen molar-refractivity contribution in [3.05, 3.63) is 57.8 Å². The molecule has 24 heavy (non-hydrogen) atoms. The Kier molecular flexibility index (Phi) is 4.08. The number of hydrogen-bond acceptors (Lipinski definition) is 4. The normalized spacial score (nSPS) is 13.5. The van der Waals surface area contributed by atoms with E-state index in [1.165, 1.54) is 17.7 Å². The van der Waals surface area contributed by atoms with E-state index in [9.17, 15) is 4.79 Å². The van der Waals surface area contributed by atoms with Gasteiger partial charge in [0.05, 0.1) is 16.4 Å². The minimum absolute atomic E-state index is 0.257. The molecule has 1 aromatic carbocycles. The molecule has 0 atom stereocenters. The number of aromatic nitrogens is 3. The van der Waals surface area contributed by atoms with Crippen LogP contribution in [-0.4, -0.2) is 20.7 Å². The first kappa shape index (κ1) is 15.4. The zero-order valence-corrected chi connectivity index (χ0v) is 14.4. The van der Waals surface area contributed by atoms with Crippen molar-refractivity contribution in [3.8, 4) is 5.69 Å². The molecule has 5 nitrogen and oxygen atoms in total. The summed E-state index contributed by atoms with van der Waals surface area (Å²) < 4.78 is 1.60. The molecule has 122 valence electrons. The monoisotopic (exact) mass is 358 g/mol. The number of hydrogen-bond donors (Lipinski definition) is 1. The molecule has 1 aliphatic carbocycles. The SMILES string of the molecule is O=C(Nc1nc2c(s1)CCCC2)c1ccn(-c2ccccc2Cl)n1. The predicted octanol–water partition coefficient (Wildman–Crippen LogP) is 4.11. The molecule has 0 bridgehead atoms. The smallest absolute Gasteiger partial charge is 0.277 e. The molecule has 0 fully saturated rings. The van der Waals surface area contributed by atoms with E-state index in [4.69, 9.17) is 11.6 Å². The van der Waals surface area contributed by atoms with Crippen LogP contribution in [0, 0.1) is 0 Å². The number of thiazole rings is 1. The molecule has 0 saturated carbocycles. The Labute approximate surface area is 148 Å². The van der Waals surface area contributed by atoms with Crippen molar-refractivity contribution in [2.75, 3.05) is 5.32 Å². The Morgan fingerprint density at radius 1 is 1.21 bits per heavy atom. The zero-order valence-electron chi connectivity index (χ0n) is 12.8. The van der Waals surface area contributed by atoms with Gasteiger partial charge in [-0.3, -0.25) is 10.1 Å². The zero-order chi connectivity index (χ0) is 16.5. The summed E-state index contributed by atoms with van der Waals surface area (Å²) in [4.78, 5) is 18.2. The van der Waals surface area contributed by atoms with Crippen molar-refractivity contribution in [1.82, 2.24) is 14.8 Å². The molecular formula is C17H15ClN4OS. The highest BCUT2D eigenvalue weighted by Crippen LogP contribution is 2.29. The van der Waals surface area contributed by atoms with Crippen LogP contribution in [0.3, 0.4) is 0 Å². The second-order valence-corrected chi connectivity index (χ2v) is 7.14. The maximum absolute atomic E-state index is 12.4. The Morgan fingerprint density at radius 2 is 2.04 bits per heavy atom. The number of para-hydroxylation sites is 1. The van der Waals surface area contributed by atoms with Crippen LogP contribution in [-0.2, 0) is 12.8 Å². The number of anilines is 1. The maximum atomic E-state index is 12.4. The van der Waals surface area contributed by atoms with E-state index in [0.29, 0.717) is 15.8 Å². The lowest BCUT2D eigenvalue weighted by Crippen LogP contribution is -2.13. The lowest BCUT2D eigenvalue weighted by molar-refractivity contribution is 0.102. The highest BCUT2D eigenvalue weighted by atomic mass is 35.5. The van der Waals surface area contributed by atoms with E-state index in [0.717, 1.165) is 24.2 Å². The van der Waals surface area contributed by atoms with E-state index < -0.39 is 0 Å². The standard InChI is InChI=1S/C17H15ClN4OS/c18-11-5-1-3-7-14(11)22-10-9-13(21-22)16(23)20-17-19-12-6-2-4-8-15(12)24-17/h1,3,5,7,9-10H,2,4,6,8H2,(H,19,20,23). The van der Waals surface area contributed by atoms with Crippen LogP contribution in [0.5, 0.6) is 0 Å². The Balaban J connectivity index is 1.53. The molecular weight excluding hydrogens is 344 g/mol. The largest absolute Gasteiger partial charge is 0.296 e. The number of carbonyl (C=O) groups excluding carboxylic acids is 1. The summed E-state index contributed by atoms with van der Waals surface area (Å²) in [6.07, 6.45) is 6.16. The summed E-state index contributed by atoms with van der Waals surface area (Å²) in [5, 5.41) is 8.41. The molecule has 0 aliphatic heterocycles. The summed E-state index contributed by atoms with van der Waals surface area (Å²) >= 11 is 7.73. The molecule has 7 heteroatoms. The van der Waals surface area contributed by atoms with Gasteiger partial charge in [0.15, 0.2) is 10.8 Å². The molecule has 0 radical (unpaired) electrons. The van der Waals surface area contributed by atoms with Crippen LogP contribution in [0.4, 0.5) is 5.13 Å². The van der Waals surface area contributed by atoms with Crippen molar-refractivity contribution < 1.29 is 4.79 Å². The molecule has 1 N–H and O–H groups in total. The fourth-order valence-electron chi connectivity index (χ4n) is 2.78. The Morgan fingerprint density at radius 3 is 2.88 bits per heavy atom. The number of carbonyl (C=O) groups is 1. The van der Waals surface area contributed by atoms with Crippen molar-refractivity contribution >= 4 is 34.0 Å². The average molecular weight is 359 g/mol. The van der Waals surface area contributed by atoms with Gasteiger partial charge < -0.3 is 0 Å². The summed E-state index contributed by atoms with van der Waals surface area (Å²) in [7, 11) is 0. The minimum atomic E-state index is -0.257. The molecule has 0 saturated heterocycles. The molecule has 0 spiro atoms. The third kappa shape index (κ3) is 2.95. The van der Waals surface area contributed by atoms with Crippen LogP contribution in [0.25, 0.3) is 5.69 Å².